The highest BCUT2D eigenvalue weighted by Crippen LogP contribution is 2.19. The van der Waals surface area contributed by atoms with Crippen LogP contribution in [-0.4, -0.2) is 51.3 Å². The lowest BCUT2D eigenvalue weighted by atomic mass is 10.1. The van der Waals surface area contributed by atoms with Crippen LogP contribution in [0.1, 0.15) is 19.8 Å². The lowest BCUT2D eigenvalue weighted by molar-refractivity contribution is 0.589. The average molecular weight is 515 g/mol. The fourth-order valence-electron chi connectivity index (χ4n) is 2.58. The van der Waals surface area contributed by atoms with E-state index in [-0.39, 0.29) is 47.2 Å². The fourth-order valence-corrected chi connectivity index (χ4v) is 5.28. The first kappa shape index (κ1) is 23.5. The number of rotatable bonds is 8. The largest absolute Gasteiger partial charge is 0.357 e. The Balaban J connectivity index is 0.00000338. The molecule has 1 aromatic rings. The Morgan fingerprint density at radius 1 is 1.31 bits per heavy atom. The number of nitrogens with one attached hydrogen (secondary N) is 2. The number of thioether (sulfide) groups is 1. The van der Waals surface area contributed by atoms with Crippen LogP contribution in [0.25, 0.3) is 0 Å². The fraction of sp³-hybridized carbons (Fsp3) is 0.588. The summed E-state index contributed by atoms with van der Waals surface area (Å²) in [7, 11) is -2.85. The first-order chi connectivity index (χ1) is 12.0. The summed E-state index contributed by atoms with van der Waals surface area (Å²) in [5.74, 6) is 2.13. The number of benzene rings is 1. The van der Waals surface area contributed by atoms with Crippen LogP contribution in [0, 0.1) is 11.7 Å². The molecule has 1 heterocycles. The number of halogens is 2. The van der Waals surface area contributed by atoms with Crippen molar-refractivity contribution in [1.82, 2.24) is 10.6 Å². The van der Waals surface area contributed by atoms with E-state index in [1.165, 1.54) is 12.1 Å². The predicted molar refractivity (Wildman–Crippen MR) is 118 cm³/mol. The van der Waals surface area contributed by atoms with Gasteiger partial charge in [0.15, 0.2) is 15.8 Å². The summed E-state index contributed by atoms with van der Waals surface area (Å²) in [6.45, 7) is 4.09. The molecule has 0 amide bonds. The van der Waals surface area contributed by atoms with Crippen LogP contribution >= 0.6 is 35.7 Å². The molecule has 1 aliphatic heterocycles. The van der Waals surface area contributed by atoms with E-state index in [0.29, 0.717) is 13.0 Å². The first-order valence-corrected chi connectivity index (χ1v) is 11.4. The van der Waals surface area contributed by atoms with Crippen molar-refractivity contribution in [3.63, 3.8) is 0 Å². The molecule has 9 heteroatoms. The van der Waals surface area contributed by atoms with Gasteiger partial charge >= 0.3 is 0 Å². The van der Waals surface area contributed by atoms with Gasteiger partial charge in [0.2, 0.25) is 0 Å². The van der Waals surface area contributed by atoms with Crippen molar-refractivity contribution in [1.29, 1.82) is 0 Å². The minimum absolute atomic E-state index is 0. The molecular weight excluding hydrogens is 488 g/mol. The Bertz CT molecular complexity index is 669. The SMILES string of the molecule is CCNC(=NCC1CCS(=O)(=O)C1)NCCCSc1ccc(F)cc1.I. The number of sulfone groups is 1. The quantitative estimate of drug-likeness (QED) is 0.183. The molecule has 1 saturated heterocycles. The van der Waals surface area contributed by atoms with Gasteiger partial charge in [-0.15, -0.1) is 35.7 Å². The van der Waals surface area contributed by atoms with Crippen LogP contribution in [0.4, 0.5) is 4.39 Å². The highest BCUT2D eigenvalue weighted by Gasteiger charge is 2.27. The second-order valence-corrected chi connectivity index (χ2v) is 9.47. The minimum atomic E-state index is -2.85. The Morgan fingerprint density at radius 3 is 2.65 bits per heavy atom. The van der Waals surface area contributed by atoms with E-state index >= 15 is 0 Å². The lowest BCUT2D eigenvalue weighted by Crippen LogP contribution is -2.38. The van der Waals surface area contributed by atoms with Crippen LogP contribution in [0.2, 0.25) is 0 Å². The van der Waals surface area contributed by atoms with Gasteiger partial charge in [0.25, 0.3) is 0 Å². The van der Waals surface area contributed by atoms with Crippen LogP contribution in [0.5, 0.6) is 0 Å². The van der Waals surface area contributed by atoms with Crippen molar-refractivity contribution in [2.45, 2.75) is 24.7 Å². The molecule has 1 fully saturated rings. The number of hydrogen-bond donors (Lipinski definition) is 2. The molecule has 148 valence electrons. The summed E-state index contributed by atoms with van der Waals surface area (Å²) < 4.78 is 35.8. The van der Waals surface area contributed by atoms with Crippen molar-refractivity contribution in [3.05, 3.63) is 30.1 Å². The molecule has 0 spiro atoms. The van der Waals surface area contributed by atoms with Crippen LogP contribution < -0.4 is 10.6 Å². The highest BCUT2D eigenvalue weighted by atomic mass is 127. The van der Waals surface area contributed by atoms with E-state index in [4.69, 9.17) is 0 Å². The van der Waals surface area contributed by atoms with E-state index in [0.717, 1.165) is 36.1 Å². The Hall–Kier alpha value is -0.550. The van der Waals surface area contributed by atoms with Crippen molar-refractivity contribution >= 4 is 51.5 Å². The third kappa shape index (κ3) is 8.90. The molecule has 26 heavy (non-hydrogen) atoms. The van der Waals surface area contributed by atoms with Crippen LogP contribution in [-0.2, 0) is 9.84 Å². The third-order valence-electron chi connectivity index (χ3n) is 3.87. The first-order valence-electron chi connectivity index (χ1n) is 8.59. The summed E-state index contributed by atoms with van der Waals surface area (Å²) >= 11 is 1.69. The third-order valence-corrected chi connectivity index (χ3v) is 6.81. The zero-order valence-electron chi connectivity index (χ0n) is 14.9. The number of guanidine groups is 1. The molecule has 1 atom stereocenters. The topological polar surface area (TPSA) is 70.6 Å². The maximum atomic E-state index is 12.8. The van der Waals surface area contributed by atoms with E-state index in [2.05, 4.69) is 15.6 Å². The van der Waals surface area contributed by atoms with Crippen molar-refractivity contribution in [2.75, 3.05) is 36.9 Å². The van der Waals surface area contributed by atoms with Gasteiger partial charge in [-0.05, 0) is 55.7 Å². The van der Waals surface area contributed by atoms with E-state index < -0.39 is 9.84 Å². The molecule has 2 N–H and O–H groups in total. The minimum Gasteiger partial charge on any atom is -0.357 e. The lowest BCUT2D eigenvalue weighted by Gasteiger charge is -2.12. The average Bonchev–Trinajstić information content (AvgIpc) is 2.93. The summed E-state index contributed by atoms with van der Waals surface area (Å²) in [6.07, 6.45) is 1.66. The normalized spacial score (nSPS) is 19.0. The number of nitrogens with zero attached hydrogens (tertiary/aromatic N) is 1. The van der Waals surface area contributed by atoms with Crippen molar-refractivity contribution in [2.24, 2.45) is 10.9 Å². The molecule has 1 unspecified atom stereocenters. The Labute approximate surface area is 176 Å². The maximum absolute atomic E-state index is 12.8. The van der Waals surface area contributed by atoms with E-state index in [1.807, 2.05) is 6.92 Å². The molecule has 5 nitrogen and oxygen atoms in total. The van der Waals surface area contributed by atoms with Gasteiger partial charge in [-0.2, -0.15) is 0 Å². The second-order valence-electron chi connectivity index (χ2n) is 6.07. The molecule has 0 saturated carbocycles. The highest BCUT2D eigenvalue weighted by molar-refractivity contribution is 14.0. The maximum Gasteiger partial charge on any atom is 0.191 e. The number of hydrogen-bond acceptors (Lipinski definition) is 4. The summed E-state index contributed by atoms with van der Waals surface area (Å²) in [6, 6.07) is 6.52. The summed E-state index contributed by atoms with van der Waals surface area (Å²) in [4.78, 5) is 5.57. The Morgan fingerprint density at radius 2 is 2.04 bits per heavy atom. The van der Waals surface area contributed by atoms with Gasteiger partial charge in [0.05, 0.1) is 11.5 Å². The molecule has 0 bridgehead atoms. The van der Waals surface area contributed by atoms with Gasteiger partial charge in [0, 0.05) is 24.5 Å². The number of aliphatic imine (C=N–C) groups is 1. The van der Waals surface area contributed by atoms with E-state index in [1.54, 1.807) is 23.9 Å². The van der Waals surface area contributed by atoms with E-state index in [9.17, 15) is 12.8 Å². The zero-order valence-corrected chi connectivity index (χ0v) is 18.9. The van der Waals surface area contributed by atoms with Gasteiger partial charge < -0.3 is 10.6 Å². The molecule has 0 aliphatic carbocycles. The van der Waals surface area contributed by atoms with Gasteiger partial charge in [-0.25, -0.2) is 12.8 Å². The Kier molecular flexibility index (Phi) is 10.9. The van der Waals surface area contributed by atoms with Gasteiger partial charge in [0.1, 0.15) is 5.82 Å². The summed E-state index contributed by atoms with van der Waals surface area (Å²) in [5.41, 5.74) is 0. The molecule has 2 rings (SSSR count). The molecule has 1 aliphatic rings. The van der Waals surface area contributed by atoms with Crippen molar-refractivity contribution in [3.8, 4) is 0 Å². The van der Waals surface area contributed by atoms with Gasteiger partial charge in [-0.1, -0.05) is 0 Å². The predicted octanol–water partition coefficient (Wildman–Crippen LogP) is 2.92. The van der Waals surface area contributed by atoms with Crippen LogP contribution in [0.3, 0.4) is 0 Å². The molecule has 0 aromatic heterocycles. The van der Waals surface area contributed by atoms with Crippen molar-refractivity contribution < 1.29 is 12.8 Å². The molecule has 0 radical (unpaired) electrons. The molecule has 1 aromatic carbocycles. The monoisotopic (exact) mass is 515 g/mol. The summed E-state index contributed by atoms with van der Waals surface area (Å²) in [5, 5.41) is 6.46. The van der Waals surface area contributed by atoms with Crippen LogP contribution in [0.15, 0.2) is 34.2 Å². The van der Waals surface area contributed by atoms with Gasteiger partial charge in [-0.3, -0.25) is 4.99 Å². The second kappa shape index (κ2) is 12.0. The smallest absolute Gasteiger partial charge is 0.191 e. The molecular formula is C17H27FIN3O2S2. The zero-order chi connectivity index (χ0) is 18.1. The standard InChI is InChI=1S/C17H26FN3O2S2.HI/c1-2-19-17(21-12-14-8-11-25(22,23)13-14)20-9-3-10-24-16-6-4-15(18)5-7-16;/h4-7,14H,2-3,8-13H2,1H3,(H2,19,20,21);1H.